The Bertz CT molecular complexity index is 736. The van der Waals surface area contributed by atoms with Crippen molar-refractivity contribution in [1.82, 2.24) is 15.6 Å². The smallest absolute Gasteiger partial charge is 0.261 e. The molecule has 2 N–H and O–H groups in total. The number of rotatable bonds is 4. The SMILES string of the molecule is O=C(N[C@@H]1C[C@H]2CC[C@@H]1N2)c1ccc(Sc2cccc(Cl)n2)s1. The van der Waals surface area contributed by atoms with Gasteiger partial charge in [-0.15, -0.1) is 11.3 Å². The van der Waals surface area contributed by atoms with E-state index in [1.165, 1.54) is 35.9 Å². The summed E-state index contributed by atoms with van der Waals surface area (Å²) in [7, 11) is 0. The van der Waals surface area contributed by atoms with Gasteiger partial charge in [0.15, 0.2) is 0 Å². The Labute approximate surface area is 148 Å². The summed E-state index contributed by atoms with van der Waals surface area (Å²) in [4.78, 5) is 17.4. The van der Waals surface area contributed by atoms with Crippen LogP contribution in [0.3, 0.4) is 0 Å². The fraction of sp³-hybridized carbons (Fsp3) is 0.375. The minimum Gasteiger partial charge on any atom is -0.347 e. The molecule has 0 radical (unpaired) electrons. The lowest BCUT2D eigenvalue weighted by Gasteiger charge is -2.20. The van der Waals surface area contributed by atoms with Gasteiger partial charge in [0.25, 0.3) is 5.91 Å². The van der Waals surface area contributed by atoms with Gasteiger partial charge in [-0.25, -0.2) is 4.98 Å². The van der Waals surface area contributed by atoms with Crippen molar-refractivity contribution in [2.75, 3.05) is 0 Å². The molecule has 3 atom stereocenters. The third-order valence-electron chi connectivity index (χ3n) is 4.32. The quantitative estimate of drug-likeness (QED) is 0.813. The predicted octanol–water partition coefficient (Wildman–Crippen LogP) is 3.57. The minimum absolute atomic E-state index is 0.0280. The van der Waals surface area contributed by atoms with Crippen molar-refractivity contribution in [2.45, 2.75) is 46.6 Å². The van der Waals surface area contributed by atoms with Gasteiger partial charge in [-0.1, -0.05) is 29.4 Å². The van der Waals surface area contributed by atoms with Crippen molar-refractivity contribution in [3.63, 3.8) is 0 Å². The van der Waals surface area contributed by atoms with Crippen LogP contribution in [0.25, 0.3) is 0 Å². The second-order valence-electron chi connectivity index (χ2n) is 5.88. The van der Waals surface area contributed by atoms with E-state index in [4.69, 9.17) is 11.6 Å². The van der Waals surface area contributed by atoms with Crippen LogP contribution in [0.2, 0.25) is 5.15 Å². The average molecular weight is 366 g/mol. The minimum atomic E-state index is 0.0280. The summed E-state index contributed by atoms with van der Waals surface area (Å²) in [5, 5.41) is 8.03. The van der Waals surface area contributed by atoms with Crippen LogP contribution in [0.1, 0.15) is 28.9 Å². The number of thiophene rings is 1. The summed E-state index contributed by atoms with van der Waals surface area (Å²) in [5.41, 5.74) is 0. The highest BCUT2D eigenvalue weighted by atomic mass is 35.5. The van der Waals surface area contributed by atoms with Crippen LogP contribution < -0.4 is 10.6 Å². The summed E-state index contributed by atoms with van der Waals surface area (Å²) in [6.45, 7) is 0. The summed E-state index contributed by atoms with van der Waals surface area (Å²) >= 11 is 8.92. The van der Waals surface area contributed by atoms with Crippen molar-refractivity contribution in [1.29, 1.82) is 0 Å². The Morgan fingerprint density at radius 3 is 3.00 bits per heavy atom. The zero-order valence-electron chi connectivity index (χ0n) is 12.3. The van der Waals surface area contributed by atoms with Gasteiger partial charge < -0.3 is 10.6 Å². The van der Waals surface area contributed by atoms with Gasteiger partial charge in [-0.05, 0) is 43.5 Å². The number of hydrogen-bond donors (Lipinski definition) is 2. The van der Waals surface area contributed by atoms with Crippen molar-refractivity contribution in [2.24, 2.45) is 0 Å². The van der Waals surface area contributed by atoms with E-state index < -0.39 is 0 Å². The molecule has 0 unspecified atom stereocenters. The number of halogens is 1. The number of amides is 1. The lowest BCUT2D eigenvalue weighted by molar-refractivity contribution is 0.0935. The number of pyridine rings is 1. The fourth-order valence-corrected chi connectivity index (χ4v) is 5.45. The highest BCUT2D eigenvalue weighted by molar-refractivity contribution is 8.01. The van der Waals surface area contributed by atoms with Gasteiger partial charge in [0, 0.05) is 18.1 Å². The first-order chi connectivity index (χ1) is 11.2. The number of nitrogens with zero attached hydrogens (tertiary/aromatic N) is 1. The summed E-state index contributed by atoms with van der Waals surface area (Å²) < 4.78 is 1.04. The summed E-state index contributed by atoms with van der Waals surface area (Å²) in [6, 6.07) is 10.7. The molecule has 120 valence electrons. The Morgan fingerprint density at radius 2 is 2.26 bits per heavy atom. The van der Waals surface area contributed by atoms with Gasteiger partial charge in [0.2, 0.25) is 0 Å². The first kappa shape index (κ1) is 15.4. The fourth-order valence-electron chi connectivity index (χ4n) is 3.27. The lowest BCUT2D eigenvalue weighted by atomic mass is 9.95. The van der Waals surface area contributed by atoms with Crippen molar-refractivity contribution in [3.05, 3.63) is 40.4 Å². The van der Waals surface area contributed by atoms with Crippen LogP contribution in [-0.2, 0) is 0 Å². The molecule has 1 amide bonds. The van der Waals surface area contributed by atoms with Crippen molar-refractivity contribution in [3.8, 4) is 0 Å². The molecule has 2 aliphatic rings. The molecule has 0 aliphatic carbocycles. The number of fused-ring (bicyclic) bond motifs is 2. The molecule has 0 spiro atoms. The lowest BCUT2D eigenvalue weighted by Crippen LogP contribution is -2.42. The third-order valence-corrected chi connectivity index (χ3v) is 6.68. The highest BCUT2D eigenvalue weighted by Crippen LogP contribution is 2.33. The topological polar surface area (TPSA) is 54.0 Å². The van der Waals surface area contributed by atoms with Crippen LogP contribution in [0.5, 0.6) is 0 Å². The first-order valence-electron chi connectivity index (χ1n) is 7.64. The van der Waals surface area contributed by atoms with Crippen LogP contribution in [0, 0.1) is 0 Å². The Balaban J connectivity index is 1.40. The number of hydrogen-bond acceptors (Lipinski definition) is 5. The molecule has 4 rings (SSSR count). The normalized spacial score (nSPS) is 25.7. The van der Waals surface area contributed by atoms with Gasteiger partial charge >= 0.3 is 0 Å². The number of carbonyl (C=O) groups excluding carboxylic acids is 1. The van der Waals surface area contributed by atoms with E-state index in [2.05, 4.69) is 15.6 Å². The standard InChI is InChI=1S/C16H16ClN3OS2/c17-13-2-1-3-14(20-13)23-15-7-6-12(22-15)16(21)19-11-8-9-4-5-10(11)18-9/h1-3,6-7,9-11,18H,4-5,8H2,(H,19,21)/t9-,10+,11-/m1/s1. The van der Waals surface area contributed by atoms with E-state index in [0.29, 0.717) is 17.2 Å². The molecule has 2 aromatic rings. The van der Waals surface area contributed by atoms with E-state index in [0.717, 1.165) is 20.5 Å². The van der Waals surface area contributed by atoms with Gasteiger partial charge in [0.1, 0.15) is 10.2 Å². The van der Waals surface area contributed by atoms with E-state index in [-0.39, 0.29) is 11.9 Å². The van der Waals surface area contributed by atoms with Gasteiger partial charge in [-0.3, -0.25) is 4.79 Å². The summed E-state index contributed by atoms with van der Waals surface area (Å²) in [5.74, 6) is 0.0280. The van der Waals surface area contributed by atoms with E-state index in [1.807, 2.05) is 24.3 Å². The first-order valence-corrected chi connectivity index (χ1v) is 9.65. The molecule has 23 heavy (non-hydrogen) atoms. The molecule has 2 saturated heterocycles. The molecule has 2 aromatic heterocycles. The van der Waals surface area contributed by atoms with Gasteiger partial charge in [-0.2, -0.15) is 0 Å². The number of aromatic nitrogens is 1. The predicted molar refractivity (Wildman–Crippen MR) is 93.5 cm³/mol. The molecule has 2 bridgehead atoms. The molecule has 4 heterocycles. The van der Waals surface area contributed by atoms with Crippen molar-refractivity contribution < 1.29 is 4.79 Å². The Morgan fingerprint density at radius 1 is 1.35 bits per heavy atom. The Hall–Kier alpha value is -1.08. The van der Waals surface area contributed by atoms with Crippen LogP contribution >= 0.6 is 34.7 Å². The second-order valence-corrected chi connectivity index (χ2v) is 8.67. The zero-order chi connectivity index (χ0) is 15.8. The summed E-state index contributed by atoms with van der Waals surface area (Å²) in [6.07, 6.45) is 3.46. The molecule has 0 aromatic carbocycles. The second kappa shape index (κ2) is 6.43. The molecule has 7 heteroatoms. The van der Waals surface area contributed by atoms with Gasteiger partial charge in [0.05, 0.1) is 9.09 Å². The monoisotopic (exact) mass is 365 g/mol. The Kier molecular flexibility index (Phi) is 4.32. The maximum Gasteiger partial charge on any atom is 0.261 e. The highest BCUT2D eigenvalue weighted by Gasteiger charge is 2.39. The molecule has 0 saturated carbocycles. The van der Waals surface area contributed by atoms with Crippen molar-refractivity contribution >= 4 is 40.6 Å². The zero-order valence-corrected chi connectivity index (χ0v) is 14.7. The molecular weight excluding hydrogens is 350 g/mol. The maximum absolute atomic E-state index is 12.4. The van der Waals surface area contributed by atoms with E-state index in [9.17, 15) is 4.79 Å². The largest absolute Gasteiger partial charge is 0.347 e. The molecule has 4 nitrogen and oxygen atoms in total. The molecule has 2 aliphatic heterocycles. The molecular formula is C16H16ClN3OS2. The van der Waals surface area contributed by atoms with Crippen LogP contribution in [-0.4, -0.2) is 29.0 Å². The number of carbonyl (C=O) groups is 1. The average Bonchev–Trinajstić information content (AvgIpc) is 3.23. The maximum atomic E-state index is 12.4. The van der Waals surface area contributed by atoms with E-state index >= 15 is 0 Å². The number of nitrogens with one attached hydrogen (secondary N) is 2. The van der Waals surface area contributed by atoms with E-state index in [1.54, 1.807) is 6.07 Å². The van der Waals surface area contributed by atoms with Crippen LogP contribution in [0.15, 0.2) is 39.6 Å². The van der Waals surface area contributed by atoms with Crippen LogP contribution in [0.4, 0.5) is 0 Å². The molecule has 2 fully saturated rings. The third kappa shape index (κ3) is 3.40.